The smallest absolute Gasteiger partial charge is 0.241 e. The fourth-order valence-corrected chi connectivity index (χ4v) is 3.27. The van der Waals surface area contributed by atoms with Crippen molar-refractivity contribution in [1.82, 2.24) is 10.2 Å². The van der Waals surface area contributed by atoms with Crippen molar-refractivity contribution in [1.29, 1.82) is 0 Å². The summed E-state index contributed by atoms with van der Waals surface area (Å²) in [7, 11) is 0. The van der Waals surface area contributed by atoms with E-state index in [1.54, 1.807) is 0 Å². The molecule has 1 aromatic carbocycles. The highest BCUT2D eigenvalue weighted by Crippen LogP contribution is 2.21. The first kappa shape index (κ1) is 16.9. The summed E-state index contributed by atoms with van der Waals surface area (Å²) in [5, 5.41) is 2.91. The monoisotopic (exact) mass is 331 g/mol. The molecule has 24 heavy (non-hydrogen) atoms. The van der Waals surface area contributed by atoms with Gasteiger partial charge < -0.3 is 15.0 Å². The first-order chi connectivity index (χ1) is 11.6. The summed E-state index contributed by atoms with van der Waals surface area (Å²) in [6.45, 7) is 5.22. The number of piperazine rings is 1. The van der Waals surface area contributed by atoms with Crippen LogP contribution in [0, 0.1) is 6.92 Å². The van der Waals surface area contributed by atoms with Gasteiger partial charge in [-0.25, -0.2) is 0 Å². The normalized spacial score (nSPS) is 22.0. The lowest BCUT2D eigenvalue weighted by atomic mass is 10.1. The van der Waals surface area contributed by atoms with Crippen LogP contribution in [0.3, 0.4) is 0 Å². The highest BCUT2D eigenvalue weighted by molar-refractivity contribution is 5.96. The Morgan fingerprint density at radius 1 is 1.33 bits per heavy atom. The number of para-hydroxylation sites is 1. The van der Waals surface area contributed by atoms with Gasteiger partial charge in [-0.05, 0) is 31.4 Å². The number of rotatable bonds is 5. The van der Waals surface area contributed by atoms with E-state index in [1.807, 2.05) is 41.0 Å². The van der Waals surface area contributed by atoms with Crippen LogP contribution in [0.1, 0.15) is 18.4 Å². The average molecular weight is 331 g/mol. The number of benzene rings is 1. The Morgan fingerprint density at radius 2 is 2.17 bits per heavy atom. The van der Waals surface area contributed by atoms with Gasteiger partial charge in [0.25, 0.3) is 0 Å². The molecule has 2 aliphatic heterocycles. The predicted molar refractivity (Wildman–Crippen MR) is 92.0 cm³/mol. The van der Waals surface area contributed by atoms with Crippen LogP contribution in [-0.4, -0.2) is 62.1 Å². The molecule has 1 N–H and O–H groups in total. The maximum absolute atomic E-state index is 12.4. The van der Waals surface area contributed by atoms with Crippen molar-refractivity contribution >= 4 is 17.5 Å². The number of hydrogen-bond donors (Lipinski definition) is 1. The summed E-state index contributed by atoms with van der Waals surface area (Å²) in [6, 6.07) is 7.89. The van der Waals surface area contributed by atoms with Gasteiger partial charge in [0, 0.05) is 31.9 Å². The SMILES string of the molecule is Cc1ccccc1N1CCN(CC(=O)NC[C@@H]2CCCO2)CC1=O. The minimum atomic E-state index is -0.0392. The van der Waals surface area contributed by atoms with E-state index in [2.05, 4.69) is 5.32 Å². The van der Waals surface area contributed by atoms with Gasteiger partial charge in [-0.15, -0.1) is 0 Å². The van der Waals surface area contributed by atoms with Gasteiger partial charge in [-0.3, -0.25) is 14.5 Å². The number of ether oxygens (including phenoxy) is 1. The zero-order valence-corrected chi connectivity index (χ0v) is 14.2. The van der Waals surface area contributed by atoms with Crippen molar-refractivity contribution < 1.29 is 14.3 Å². The van der Waals surface area contributed by atoms with Crippen LogP contribution in [0.4, 0.5) is 5.69 Å². The lowest BCUT2D eigenvalue weighted by Gasteiger charge is -2.34. The first-order valence-electron chi connectivity index (χ1n) is 8.60. The minimum absolute atomic E-state index is 0.0392. The van der Waals surface area contributed by atoms with E-state index in [1.165, 1.54) is 0 Å². The predicted octanol–water partition coefficient (Wildman–Crippen LogP) is 0.939. The molecular weight excluding hydrogens is 306 g/mol. The summed E-state index contributed by atoms with van der Waals surface area (Å²) in [5.41, 5.74) is 2.05. The lowest BCUT2D eigenvalue weighted by molar-refractivity contribution is -0.125. The molecule has 2 fully saturated rings. The Labute approximate surface area is 142 Å². The van der Waals surface area contributed by atoms with Crippen molar-refractivity contribution in [2.75, 3.05) is 44.2 Å². The summed E-state index contributed by atoms with van der Waals surface area (Å²) < 4.78 is 5.50. The highest BCUT2D eigenvalue weighted by atomic mass is 16.5. The second kappa shape index (κ2) is 7.77. The van der Waals surface area contributed by atoms with Crippen molar-refractivity contribution in [2.45, 2.75) is 25.9 Å². The standard InChI is InChI=1S/C18H25N3O3/c1-14-5-2-3-7-16(14)21-9-8-20(13-18(21)23)12-17(22)19-11-15-6-4-10-24-15/h2-3,5,7,15H,4,6,8-13H2,1H3,(H,19,22)/t15-/m0/s1. The third-order valence-electron chi connectivity index (χ3n) is 4.62. The molecule has 0 saturated carbocycles. The van der Waals surface area contributed by atoms with E-state index in [0.717, 1.165) is 30.7 Å². The molecule has 3 rings (SSSR count). The summed E-state index contributed by atoms with van der Waals surface area (Å²) >= 11 is 0. The third-order valence-corrected chi connectivity index (χ3v) is 4.62. The molecule has 0 radical (unpaired) electrons. The maximum Gasteiger partial charge on any atom is 0.241 e. The molecule has 0 spiro atoms. The Kier molecular flexibility index (Phi) is 5.48. The molecule has 2 amide bonds. The van der Waals surface area contributed by atoms with E-state index < -0.39 is 0 Å². The van der Waals surface area contributed by atoms with Crippen LogP contribution in [0.25, 0.3) is 0 Å². The Morgan fingerprint density at radius 3 is 2.88 bits per heavy atom. The summed E-state index contributed by atoms with van der Waals surface area (Å²) in [5.74, 6) is 0.00474. The van der Waals surface area contributed by atoms with E-state index >= 15 is 0 Å². The number of nitrogens with one attached hydrogen (secondary N) is 1. The second-order valence-electron chi connectivity index (χ2n) is 6.48. The minimum Gasteiger partial charge on any atom is -0.376 e. The number of nitrogens with zero attached hydrogens (tertiary/aromatic N) is 2. The molecule has 130 valence electrons. The average Bonchev–Trinajstić information content (AvgIpc) is 3.08. The lowest BCUT2D eigenvalue weighted by Crippen LogP contribution is -2.53. The van der Waals surface area contributed by atoms with E-state index in [-0.39, 0.29) is 31.0 Å². The third kappa shape index (κ3) is 4.13. The number of amides is 2. The summed E-state index contributed by atoms with van der Waals surface area (Å²) in [6.07, 6.45) is 2.22. The van der Waals surface area contributed by atoms with Gasteiger partial charge in [-0.2, -0.15) is 0 Å². The zero-order valence-electron chi connectivity index (χ0n) is 14.2. The molecule has 2 heterocycles. The summed E-state index contributed by atoms with van der Waals surface area (Å²) in [4.78, 5) is 28.2. The molecule has 0 aromatic heterocycles. The second-order valence-corrected chi connectivity index (χ2v) is 6.48. The largest absolute Gasteiger partial charge is 0.376 e. The molecule has 0 unspecified atom stereocenters. The van der Waals surface area contributed by atoms with E-state index in [4.69, 9.17) is 4.74 Å². The maximum atomic E-state index is 12.4. The topological polar surface area (TPSA) is 61.9 Å². The molecule has 0 aliphatic carbocycles. The fraction of sp³-hybridized carbons (Fsp3) is 0.556. The molecular formula is C18H25N3O3. The van der Waals surface area contributed by atoms with Gasteiger partial charge in [0.2, 0.25) is 11.8 Å². The Hall–Kier alpha value is -1.92. The van der Waals surface area contributed by atoms with Gasteiger partial charge >= 0.3 is 0 Å². The van der Waals surface area contributed by atoms with Gasteiger partial charge in [-0.1, -0.05) is 18.2 Å². The quantitative estimate of drug-likeness (QED) is 0.872. The van der Waals surface area contributed by atoms with E-state index in [9.17, 15) is 9.59 Å². The first-order valence-corrected chi connectivity index (χ1v) is 8.60. The molecule has 6 nitrogen and oxygen atoms in total. The molecule has 6 heteroatoms. The van der Waals surface area contributed by atoms with Gasteiger partial charge in [0.1, 0.15) is 0 Å². The Balaban J connectivity index is 1.47. The van der Waals surface area contributed by atoms with Crippen molar-refractivity contribution in [3.63, 3.8) is 0 Å². The highest BCUT2D eigenvalue weighted by Gasteiger charge is 2.27. The van der Waals surface area contributed by atoms with Crippen LogP contribution in [0.5, 0.6) is 0 Å². The van der Waals surface area contributed by atoms with Crippen LogP contribution < -0.4 is 10.2 Å². The van der Waals surface area contributed by atoms with Crippen molar-refractivity contribution in [3.05, 3.63) is 29.8 Å². The number of anilines is 1. The molecule has 1 aromatic rings. The zero-order chi connectivity index (χ0) is 16.9. The fourth-order valence-electron chi connectivity index (χ4n) is 3.27. The molecule has 2 aliphatic rings. The van der Waals surface area contributed by atoms with Crippen molar-refractivity contribution in [2.24, 2.45) is 0 Å². The number of carbonyl (C=O) groups is 2. The number of aryl methyl sites for hydroxylation is 1. The Bertz CT molecular complexity index is 599. The molecule has 2 saturated heterocycles. The van der Waals surface area contributed by atoms with Crippen LogP contribution in [0.15, 0.2) is 24.3 Å². The molecule has 0 bridgehead atoms. The van der Waals surface area contributed by atoms with Gasteiger partial charge in [0.15, 0.2) is 0 Å². The van der Waals surface area contributed by atoms with Crippen LogP contribution in [-0.2, 0) is 14.3 Å². The number of hydrogen-bond acceptors (Lipinski definition) is 4. The van der Waals surface area contributed by atoms with Crippen molar-refractivity contribution in [3.8, 4) is 0 Å². The van der Waals surface area contributed by atoms with Crippen LogP contribution in [0.2, 0.25) is 0 Å². The van der Waals surface area contributed by atoms with Gasteiger partial charge in [0.05, 0.1) is 19.2 Å². The number of carbonyl (C=O) groups excluding carboxylic acids is 2. The van der Waals surface area contributed by atoms with Crippen LogP contribution >= 0.6 is 0 Å². The van der Waals surface area contributed by atoms with E-state index in [0.29, 0.717) is 19.6 Å². The molecule has 1 atom stereocenters.